The molecule has 1 aliphatic rings. The number of para-hydroxylation sites is 1. The zero-order chi connectivity index (χ0) is 17.1. The molecule has 0 spiro atoms. The van der Waals surface area contributed by atoms with Crippen LogP contribution < -0.4 is 9.64 Å². The van der Waals surface area contributed by atoms with Gasteiger partial charge >= 0.3 is 5.97 Å². The Balaban J connectivity index is 1.88. The predicted molar refractivity (Wildman–Crippen MR) is 95.8 cm³/mol. The molecule has 0 saturated carbocycles. The van der Waals surface area contributed by atoms with Crippen molar-refractivity contribution < 1.29 is 14.3 Å². The Bertz CT molecular complexity index is 757. The molecule has 1 heterocycles. The van der Waals surface area contributed by atoms with E-state index in [9.17, 15) is 9.59 Å². The summed E-state index contributed by atoms with van der Waals surface area (Å²) in [5, 5.41) is 0.468. The van der Waals surface area contributed by atoms with Gasteiger partial charge in [-0.25, -0.2) is 0 Å². The molecule has 124 valence electrons. The fourth-order valence-corrected chi connectivity index (χ4v) is 3.80. The summed E-state index contributed by atoms with van der Waals surface area (Å²) in [6, 6.07) is 14.7. The molecule has 5 heteroatoms. The monoisotopic (exact) mass is 341 g/mol. The highest BCUT2D eigenvalue weighted by Gasteiger charge is 2.24. The van der Waals surface area contributed by atoms with Crippen LogP contribution in [-0.4, -0.2) is 23.7 Å². The molecule has 0 N–H and O–H groups in total. The van der Waals surface area contributed by atoms with Crippen LogP contribution in [-0.2, 0) is 4.79 Å². The van der Waals surface area contributed by atoms with Gasteiger partial charge in [0.2, 0.25) is 0 Å². The van der Waals surface area contributed by atoms with E-state index in [0.717, 1.165) is 17.0 Å². The van der Waals surface area contributed by atoms with E-state index in [1.54, 1.807) is 36.0 Å². The van der Waals surface area contributed by atoms with Crippen molar-refractivity contribution in [1.82, 2.24) is 0 Å². The van der Waals surface area contributed by atoms with Gasteiger partial charge in [-0.2, -0.15) is 0 Å². The van der Waals surface area contributed by atoms with Crippen molar-refractivity contribution in [3.8, 4) is 5.75 Å². The van der Waals surface area contributed by atoms with E-state index in [2.05, 4.69) is 13.0 Å². The molecule has 0 fully saturated rings. The van der Waals surface area contributed by atoms with Gasteiger partial charge in [-0.1, -0.05) is 19.1 Å². The number of benzene rings is 2. The highest BCUT2D eigenvalue weighted by Crippen LogP contribution is 2.37. The first-order valence-corrected chi connectivity index (χ1v) is 8.78. The number of amides is 1. The first kappa shape index (κ1) is 16.6. The standard InChI is InChI=1S/C19H19NO3S/c1-13-11-12-20(17-5-3-4-6-18(17)24-13)19(22)15-7-9-16(10-8-15)23-14(2)21/h3-10,13H,11-12H2,1-2H3. The van der Waals surface area contributed by atoms with Gasteiger partial charge in [-0.05, 0) is 42.8 Å². The van der Waals surface area contributed by atoms with Crippen LogP contribution in [0.5, 0.6) is 5.75 Å². The number of hydrogen-bond acceptors (Lipinski definition) is 4. The van der Waals surface area contributed by atoms with Crippen LogP contribution in [0.25, 0.3) is 0 Å². The van der Waals surface area contributed by atoms with E-state index in [0.29, 0.717) is 23.1 Å². The molecule has 1 amide bonds. The van der Waals surface area contributed by atoms with E-state index in [1.807, 2.05) is 23.1 Å². The smallest absolute Gasteiger partial charge is 0.308 e. The molecule has 0 radical (unpaired) electrons. The van der Waals surface area contributed by atoms with E-state index >= 15 is 0 Å². The second-order valence-electron chi connectivity index (χ2n) is 5.76. The number of esters is 1. The number of carbonyl (C=O) groups excluding carboxylic acids is 2. The van der Waals surface area contributed by atoms with E-state index in [1.165, 1.54) is 6.92 Å². The molecule has 0 saturated heterocycles. The summed E-state index contributed by atoms with van der Waals surface area (Å²) in [6.45, 7) is 4.23. The van der Waals surface area contributed by atoms with Gasteiger partial charge in [0.1, 0.15) is 5.75 Å². The summed E-state index contributed by atoms with van der Waals surface area (Å²) in [6.07, 6.45) is 0.941. The fraction of sp³-hybridized carbons (Fsp3) is 0.263. The van der Waals surface area contributed by atoms with Crippen LogP contribution in [0.1, 0.15) is 30.6 Å². The summed E-state index contributed by atoms with van der Waals surface area (Å²) in [5.41, 5.74) is 1.54. The summed E-state index contributed by atoms with van der Waals surface area (Å²) in [7, 11) is 0. The Morgan fingerprint density at radius 1 is 1.12 bits per heavy atom. The van der Waals surface area contributed by atoms with Crippen LogP contribution in [0.3, 0.4) is 0 Å². The molecule has 24 heavy (non-hydrogen) atoms. The van der Waals surface area contributed by atoms with Crippen molar-refractivity contribution in [3.63, 3.8) is 0 Å². The maximum Gasteiger partial charge on any atom is 0.308 e. The van der Waals surface area contributed by atoms with Gasteiger partial charge in [-0.3, -0.25) is 9.59 Å². The maximum absolute atomic E-state index is 13.0. The van der Waals surface area contributed by atoms with Crippen molar-refractivity contribution in [2.75, 3.05) is 11.4 Å². The molecule has 0 aliphatic carbocycles. The number of ether oxygens (including phenoxy) is 1. The number of thioether (sulfide) groups is 1. The van der Waals surface area contributed by atoms with Gasteiger partial charge in [0.15, 0.2) is 0 Å². The molecular formula is C19H19NO3S. The third kappa shape index (κ3) is 3.62. The largest absolute Gasteiger partial charge is 0.427 e. The Hall–Kier alpha value is -2.27. The predicted octanol–water partition coefficient (Wildman–Crippen LogP) is 4.14. The van der Waals surface area contributed by atoms with Gasteiger partial charge in [-0.15, -0.1) is 11.8 Å². The van der Waals surface area contributed by atoms with Crippen molar-refractivity contribution in [2.24, 2.45) is 0 Å². The van der Waals surface area contributed by atoms with E-state index < -0.39 is 0 Å². The molecule has 3 rings (SSSR count). The minimum atomic E-state index is -0.374. The molecule has 0 bridgehead atoms. The molecule has 0 aromatic heterocycles. The average Bonchev–Trinajstić information content (AvgIpc) is 2.72. The first-order chi connectivity index (χ1) is 11.5. The lowest BCUT2D eigenvalue weighted by Gasteiger charge is -2.22. The highest BCUT2D eigenvalue weighted by molar-refractivity contribution is 8.00. The fourth-order valence-electron chi connectivity index (χ4n) is 2.69. The second-order valence-corrected chi connectivity index (χ2v) is 7.24. The summed E-state index contributed by atoms with van der Waals surface area (Å²) < 4.78 is 5.02. The summed E-state index contributed by atoms with van der Waals surface area (Å²) >= 11 is 1.81. The number of anilines is 1. The Labute approximate surface area is 145 Å². The Morgan fingerprint density at radius 3 is 2.54 bits per heavy atom. The molecular weight excluding hydrogens is 322 g/mol. The molecule has 1 atom stereocenters. The molecule has 1 unspecified atom stereocenters. The average molecular weight is 341 g/mol. The topological polar surface area (TPSA) is 46.6 Å². The molecule has 2 aromatic rings. The Morgan fingerprint density at radius 2 is 1.83 bits per heavy atom. The zero-order valence-electron chi connectivity index (χ0n) is 13.7. The van der Waals surface area contributed by atoms with Gasteiger partial charge in [0.25, 0.3) is 5.91 Å². The highest BCUT2D eigenvalue weighted by atomic mass is 32.2. The van der Waals surface area contributed by atoms with E-state index in [4.69, 9.17) is 4.74 Å². The molecule has 4 nitrogen and oxygen atoms in total. The van der Waals surface area contributed by atoms with Crippen molar-refractivity contribution in [1.29, 1.82) is 0 Å². The summed E-state index contributed by atoms with van der Waals surface area (Å²) in [5.74, 6) is 0.0348. The number of nitrogens with zero attached hydrogens (tertiary/aromatic N) is 1. The van der Waals surface area contributed by atoms with Crippen LogP contribution in [0, 0.1) is 0 Å². The number of fused-ring (bicyclic) bond motifs is 1. The Kier molecular flexibility index (Phi) is 4.90. The lowest BCUT2D eigenvalue weighted by atomic mass is 10.1. The normalized spacial score (nSPS) is 16.9. The van der Waals surface area contributed by atoms with E-state index in [-0.39, 0.29) is 11.9 Å². The second kappa shape index (κ2) is 7.09. The lowest BCUT2D eigenvalue weighted by molar-refractivity contribution is -0.131. The molecule has 2 aromatic carbocycles. The van der Waals surface area contributed by atoms with Gasteiger partial charge < -0.3 is 9.64 Å². The van der Waals surface area contributed by atoms with Gasteiger partial charge in [0, 0.05) is 29.2 Å². The number of rotatable bonds is 2. The zero-order valence-corrected chi connectivity index (χ0v) is 14.5. The third-order valence-electron chi connectivity index (χ3n) is 3.85. The van der Waals surface area contributed by atoms with Crippen molar-refractivity contribution in [2.45, 2.75) is 30.4 Å². The first-order valence-electron chi connectivity index (χ1n) is 7.90. The van der Waals surface area contributed by atoms with Crippen LogP contribution in [0.2, 0.25) is 0 Å². The van der Waals surface area contributed by atoms with Gasteiger partial charge in [0.05, 0.1) is 5.69 Å². The minimum Gasteiger partial charge on any atom is -0.427 e. The van der Waals surface area contributed by atoms with Crippen molar-refractivity contribution in [3.05, 3.63) is 54.1 Å². The molecule has 1 aliphatic heterocycles. The number of hydrogen-bond donors (Lipinski definition) is 0. The SMILES string of the molecule is CC(=O)Oc1ccc(C(=O)N2CCC(C)Sc3ccccc32)cc1. The van der Waals surface area contributed by atoms with Crippen LogP contribution >= 0.6 is 11.8 Å². The quantitative estimate of drug-likeness (QED) is 0.608. The third-order valence-corrected chi connectivity index (χ3v) is 5.09. The number of carbonyl (C=O) groups is 2. The summed E-state index contributed by atoms with van der Waals surface area (Å²) in [4.78, 5) is 26.9. The lowest BCUT2D eigenvalue weighted by Crippen LogP contribution is -2.32. The minimum absolute atomic E-state index is 0.0356. The maximum atomic E-state index is 13.0. The van der Waals surface area contributed by atoms with Crippen LogP contribution in [0.4, 0.5) is 5.69 Å². The van der Waals surface area contributed by atoms with Crippen LogP contribution in [0.15, 0.2) is 53.4 Å². The van der Waals surface area contributed by atoms with Crippen molar-refractivity contribution >= 4 is 29.3 Å².